The van der Waals surface area contributed by atoms with Crippen LogP contribution >= 0.6 is 0 Å². The van der Waals surface area contributed by atoms with Gasteiger partial charge in [0.25, 0.3) is 0 Å². The lowest BCUT2D eigenvalue weighted by Crippen LogP contribution is -2.27. The Bertz CT molecular complexity index is 1130. The number of rotatable bonds is 20. The van der Waals surface area contributed by atoms with Crippen LogP contribution in [-0.4, -0.2) is 24.6 Å². The Kier molecular flexibility index (Phi) is 14.8. The van der Waals surface area contributed by atoms with Crippen LogP contribution in [0.1, 0.15) is 108 Å². The summed E-state index contributed by atoms with van der Waals surface area (Å²) in [7, 11) is 1.67. The molecule has 0 bridgehead atoms. The SMILES string of the molecule is CCCCCCCCCCCCCCOc1ccc(CN(C(C)=O)c2ccc(Cc3cccnc3)cc2)cc1OC. The maximum absolute atomic E-state index is 12.6. The van der Waals surface area contributed by atoms with Gasteiger partial charge in [-0.3, -0.25) is 9.78 Å². The van der Waals surface area contributed by atoms with Crippen molar-refractivity contribution in [1.82, 2.24) is 4.98 Å². The third-order valence-electron chi connectivity index (χ3n) is 7.58. The zero-order valence-electron chi connectivity index (χ0n) is 25.6. The monoisotopic (exact) mass is 558 g/mol. The number of anilines is 1. The van der Waals surface area contributed by atoms with Crippen LogP contribution in [0.4, 0.5) is 5.69 Å². The molecular formula is C36H50N2O3. The smallest absolute Gasteiger partial charge is 0.224 e. The Morgan fingerprint density at radius 3 is 1.98 bits per heavy atom. The summed E-state index contributed by atoms with van der Waals surface area (Å²) in [4.78, 5) is 18.5. The van der Waals surface area contributed by atoms with E-state index in [2.05, 4.69) is 30.1 Å². The first kappa shape index (κ1) is 32.2. The van der Waals surface area contributed by atoms with E-state index in [0.717, 1.165) is 35.4 Å². The zero-order chi connectivity index (χ0) is 29.1. The molecule has 1 amide bonds. The van der Waals surface area contributed by atoms with Gasteiger partial charge in [-0.1, -0.05) is 102 Å². The molecule has 0 radical (unpaired) electrons. The summed E-state index contributed by atoms with van der Waals surface area (Å²) < 4.78 is 11.7. The number of ether oxygens (including phenoxy) is 2. The Hall–Kier alpha value is -3.34. The second kappa shape index (κ2) is 18.9. The number of benzene rings is 2. The molecule has 2 aromatic carbocycles. The number of nitrogens with zero attached hydrogens (tertiary/aromatic N) is 2. The van der Waals surface area contributed by atoms with E-state index in [0.29, 0.717) is 18.9 Å². The minimum absolute atomic E-state index is 0.00345. The van der Waals surface area contributed by atoms with Crippen molar-refractivity contribution < 1.29 is 14.3 Å². The molecule has 0 spiro atoms. The topological polar surface area (TPSA) is 51.7 Å². The third-order valence-corrected chi connectivity index (χ3v) is 7.58. The Morgan fingerprint density at radius 2 is 1.39 bits per heavy atom. The highest BCUT2D eigenvalue weighted by atomic mass is 16.5. The molecular weight excluding hydrogens is 508 g/mol. The highest BCUT2D eigenvalue weighted by Gasteiger charge is 2.14. The molecule has 0 saturated carbocycles. The maximum atomic E-state index is 12.6. The number of methoxy groups -OCH3 is 1. The van der Waals surface area contributed by atoms with Crippen LogP contribution in [0.3, 0.4) is 0 Å². The molecule has 3 aromatic rings. The number of aromatic nitrogens is 1. The van der Waals surface area contributed by atoms with Crippen molar-refractivity contribution in [2.24, 2.45) is 0 Å². The van der Waals surface area contributed by atoms with Gasteiger partial charge in [-0.25, -0.2) is 0 Å². The molecule has 0 fully saturated rings. The van der Waals surface area contributed by atoms with Gasteiger partial charge in [-0.15, -0.1) is 0 Å². The Balaban J connectivity index is 1.41. The number of carbonyl (C=O) groups excluding carboxylic acids is 1. The second-order valence-corrected chi connectivity index (χ2v) is 11.0. The number of amides is 1. The fourth-order valence-electron chi connectivity index (χ4n) is 5.15. The van der Waals surface area contributed by atoms with E-state index in [1.165, 1.54) is 76.2 Å². The summed E-state index contributed by atoms with van der Waals surface area (Å²) in [5.74, 6) is 1.46. The highest BCUT2D eigenvalue weighted by Crippen LogP contribution is 2.30. The van der Waals surface area contributed by atoms with Crippen molar-refractivity contribution in [2.75, 3.05) is 18.6 Å². The van der Waals surface area contributed by atoms with Crippen LogP contribution in [0.5, 0.6) is 11.5 Å². The van der Waals surface area contributed by atoms with Gasteiger partial charge in [0.1, 0.15) is 0 Å². The zero-order valence-corrected chi connectivity index (χ0v) is 25.6. The van der Waals surface area contributed by atoms with E-state index >= 15 is 0 Å². The lowest BCUT2D eigenvalue weighted by molar-refractivity contribution is -0.116. The second-order valence-electron chi connectivity index (χ2n) is 11.0. The van der Waals surface area contributed by atoms with Gasteiger partial charge in [-0.2, -0.15) is 0 Å². The molecule has 0 N–H and O–H groups in total. The molecule has 0 aliphatic heterocycles. The average Bonchev–Trinajstić information content (AvgIpc) is 2.99. The largest absolute Gasteiger partial charge is 0.493 e. The lowest BCUT2D eigenvalue weighted by atomic mass is 10.1. The summed E-state index contributed by atoms with van der Waals surface area (Å²) in [6.45, 7) is 5.04. The van der Waals surface area contributed by atoms with Gasteiger partial charge in [0.05, 0.1) is 20.3 Å². The number of carbonyl (C=O) groups is 1. The molecule has 1 aromatic heterocycles. The van der Waals surface area contributed by atoms with Gasteiger partial charge in [0.15, 0.2) is 11.5 Å². The first-order valence-corrected chi connectivity index (χ1v) is 15.7. The Morgan fingerprint density at radius 1 is 0.756 bits per heavy atom. The van der Waals surface area contributed by atoms with Gasteiger partial charge < -0.3 is 14.4 Å². The first-order valence-electron chi connectivity index (χ1n) is 15.7. The van der Waals surface area contributed by atoms with E-state index in [-0.39, 0.29) is 5.91 Å². The molecule has 222 valence electrons. The van der Waals surface area contributed by atoms with E-state index in [9.17, 15) is 4.79 Å². The van der Waals surface area contributed by atoms with E-state index in [1.54, 1.807) is 25.1 Å². The molecule has 0 aliphatic carbocycles. The summed E-state index contributed by atoms with van der Waals surface area (Å²) in [5, 5.41) is 0. The number of hydrogen-bond donors (Lipinski definition) is 0. The van der Waals surface area contributed by atoms with Crippen LogP contribution in [0.2, 0.25) is 0 Å². The van der Waals surface area contributed by atoms with E-state index in [1.807, 2.05) is 42.6 Å². The third kappa shape index (κ3) is 12.0. The van der Waals surface area contributed by atoms with Crippen LogP contribution in [0.25, 0.3) is 0 Å². The van der Waals surface area contributed by atoms with Gasteiger partial charge in [0.2, 0.25) is 5.91 Å². The highest BCUT2D eigenvalue weighted by molar-refractivity contribution is 5.91. The number of unbranched alkanes of at least 4 members (excludes halogenated alkanes) is 11. The number of pyridine rings is 1. The quantitative estimate of drug-likeness (QED) is 0.130. The first-order chi connectivity index (χ1) is 20.1. The van der Waals surface area contributed by atoms with Crippen molar-refractivity contribution in [3.05, 3.63) is 83.7 Å². The lowest BCUT2D eigenvalue weighted by Gasteiger charge is -2.22. The van der Waals surface area contributed by atoms with Crippen LogP contribution in [-0.2, 0) is 17.8 Å². The molecule has 0 atom stereocenters. The van der Waals surface area contributed by atoms with Crippen molar-refractivity contribution in [3.8, 4) is 11.5 Å². The summed E-state index contributed by atoms with van der Waals surface area (Å²) in [6.07, 6.45) is 20.4. The fourth-order valence-corrected chi connectivity index (χ4v) is 5.15. The summed E-state index contributed by atoms with van der Waals surface area (Å²) in [5.41, 5.74) is 4.21. The Labute approximate surface area is 248 Å². The van der Waals surface area contributed by atoms with Gasteiger partial charge in [-0.05, 0) is 59.9 Å². The van der Waals surface area contributed by atoms with Crippen molar-refractivity contribution >= 4 is 11.6 Å². The maximum Gasteiger partial charge on any atom is 0.224 e. The molecule has 41 heavy (non-hydrogen) atoms. The van der Waals surface area contributed by atoms with Crippen molar-refractivity contribution in [3.63, 3.8) is 0 Å². The molecule has 5 heteroatoms. The number of hydrogen-bond acceptors (Lipinski definition) is 4. The molecule has 0 unspecified atom stereocenters. The standard InChI is InChI=1S/C36H50N2O3/c1-4-5-6-7-8-9-10-11-12-13-14-15-25-41-35-23-20-33(27-36(35)40-3)29-38(30(2)39)34-21-18-31(19-22-34)26-32-17-16-24-37-28-32/h16-24,27-28H,4-15,25-26,29H2,1-3H3. The summed E-state index contributed by atoms with van der Waals surface area (Å²) >= 11 is 0. The van der Waals surface area contributed by atoms with Crippen LogP contribution in [0.15, 0.2) is 67.0 Å². The van der Waals surface area contributed by atoms with Crippen LogP contribution < -0.4 is 14.4 Å². The molecule has 3 rings (SSSR count). The molecule has 0 saturated heterocycles. The summed E-state index contributed by atoms with van der Waals surface area (Å²) in [6, 6.07) is 18.2. The van der Waals surface area contributed by atoms with Gasteiger partial charge in [0, 0.05) is 25.0 Å². The average molecular weight is 559 g/mol. The van der Waals surface area contributed by atoms with E-state index < -0.39 is 0 Å². The van der Waals surface area contributed by atoms with Gasteiger partial charge >= 0.3 is 0 Å². The fraction of sp³-hybridized carbons (Fsp3) is 0.500. The van der Waals surface area contributed by atoms with E-state index in [4.69, 9.17) is 9.47 Å². The predicted molar refractivity (Wildman–Crippen MR) is 170 cm³/mol. The predicted octanol–water partition coefficient (Wildman–Crippen LogP) is 9.31. The molecule has 5 nitrogen and oxygen atoms in total. The normalized spacial score (nSPS) is 10.9. The van der Waals surface area contributed by atoms with Crippen LogP contribution in [0, 0.1) is 0 Å². The van der Waals surface area contributed by atoms with Crippen molar-refractivity contribution in [1.29, 1.82) is 0 Å². The minimum atomic E-state index is -0.00345. The van der Waals surface area contributed by atoms with Crippen molar-refractivity contribution in [2.45, 2.75) is 104 Å². The minimum Gasteiger partial charge on any atom is -0.493 e. The molecule has 1 heterocycles. The molecule has 0 aliphatic rings.